The van der Waals surface area contributed by atoms with Crippen LogP contribution in [0.4, 0.5) is 10.5 Å². The number of ether oxygens (including phenoxy) is 1. The minimum absolute atomic E-state index is 0.0653. The number of hydrogen-bond acceptors (Lipinski definition) is 6. The van der Waals surface area contributed by atoms with Gasteiger partial charge in [0, 0.05) is 24.5 Å². The second-order valence-electron chi connectivity index (χ2n) is 12.2. The van der Waals surface area contributed by atoms with Crippen LogP contribution in [-0.2, 0) is 14.3 Å². The highest BCUT2D eigenvalue weighted by Crippen LogP contribution is 2.33. The monoisotopic (exact) mass is 573 g/mol. The van der Waals surface area contributed by atoms with Gasteiger partial charge in [-0.05, 0) is 51.5 Å². The highest BCUT2D eigenvalue weighted by Gasteiger charge is 2.33. The number of likely N-dealkylation sites (tertiary alicyclic amines) is 1. The lowest BCUT2D eigenvalue weighted by molar-refractivity contribution is -0.119. The summed E-state index contributed by atoms with van der Waals surface area (Å²) >= 11 is 1.05. The molecule has 1 aromatic heterocycles. The maximum Gasteiger partial charge on any atom is 0.410 e. The van der Waals surface area contributed by atoms with Crippen molar-refractivity contribution < 1.29 is 29.0 Å². The Morgan fingerprint density at radius 2 is 1.73 bits per heavy atom. The van der Waals surface area contributed by atoms with E-state index < -0.39 is 18.2 Å². The number of carbonyl (C=O) groups is 4. The van der Waals surface area contributed by atoms with Crippen LogP contribution in [0.3, 0.4) is 0 Å². The van der Waals surface area contributed by atoms with E-state index >= 15 is 0 Å². The number of piperidine rings is 1. The van der Waals surface area contributed by atoms with Crippen molar-refractivity contribution in [3.8, 4) is 11.8 Å². The molecule has 220 valence electrons. The first-order chi connectivity index (χ1) is 18.9. The lowest BCUT2D eigenvalue weighted by Gasteiger charge is -2.36. The van der Waals surface area contributed by atoms with E-state index in [9.17, 15) is 24.3 Å². The Balaban J connectivity index is 0.000000472. The predicted octanol–water partition coefficient (Wildman–Crippen LogP) is 5.13. The lowest BCUT2D eigenvalue weighted by Crippen LogP contribution is -2.47. The van der Waals surface area contributed by atoms with Gasteiger partial charge in [-0.1, -0.05) is 51.4 Å². The molecule has 4 rings (SSSR count). The standard InChI is InChI=1S/C22H27N3O6S.C8H16/c1-22(2,3)7-4-16-11-17(19(32-16)20(28)29)25(13-26)14-5-8-24(9-6-14)21(30)31-15-10-18(27)23-12-15;1-7-3-5-8(2)6-4-7/h11,13-15H,5-6,8-10,12H2,1-3H3,(H,23,27)(H,28,29);7-8H,3-6H2,1-2H3/t15-;/m0./s1. The van der Waals surface area contributed by atoms with Crippen LogP contribution < -0.4 is 10.2 Å². The van der Waals surface area contributed by atoms with Gasteiger partial charge in [-0.3, -0.25) is 9.59 Å². The van der Waals surface area contributed by atoms with E-state index in [1.54, 1.807) is 11.0 Å². The number of carboxylic acids is 1. The minimum atomic E-state index is -1.11. The highest BCUT2D eigenvalue weighted by atomic mass is 32.1. The van der Waals surface area contributed by atoms with Crippen molar-refractivity contribution in [2.75, 3.05) is 24.5 Å². The van der Waals surface area contributed by atoms with E-state index in [-0.39, 0.29) is 28.7 Å². The second-order valence-corrected chi connectivity index (χ2v) is 13.3. The number of carboxylic acid groups (broad SMARTS) is 1. The number of thiophene rings is 1. The molecule has 0 spiro atoms. The number of carbonyl (C=O) groups excluding carboxylic acids is 3. The fourth-order valence-corrected chi connectivity index (χ4v) is 5.86. The third-order valence-electron chi connectivity index (χ3n) is 7.49. The molecule has 3 fully saturated rings. The van der Waals surface area contributed by atoms with Crippen molar-refractivity contribution in [1.29, 1.82) is 0 Å². The zero-order valence-corrected chi connectivity index (χ0v) is 25.1. The van der Waals surface area contributed by atoms with E-state index in [2.05, 4.69) is 31.0 Å². The number of hydrogen-bond donors (Lipinski definition) is 2. The molecule has 10 heteroatoms. The molecule has 3 aliphatic rings. The van der Waals surface area contributed by atoms with Gasteiger partial charge in [-0.15, -0.1) is 11.3 Å². The summed E-state index contributed by atoms with van der Waals surface area (Å²) in [5.41, 5.74) is 0.0912. The highest BCUT2D eigenvalue weighted by molar-refractivity contribution is 7.15. The van der Waals surface area contributed by atoms with Crippen molar-refractivity contribution >= 4 is 41.4 Å². The number of amides is 3. The molecule has 0 aromatic carbocycles. The van der Waals surface area contributed by atoms with Gasteiger partial charge in [0.15, 0.2) is 0 Å². The average Bonchev–Trinajstić information content (AvgIpc) is 3.51. The van der Waals surface area contributed by atoms with Gasteiger partial charge in [0.1, 0.15) is 11.0 Å². The molecule has 2 saturated heterocycles. The summed E-state index contributed by atoms with van der Waals surface area (Å²) in [6.07, 6.45) is 6.72. The summed E-state index contributed by atoms with van der Waals surface area (Å²) in [4.78, 5) is 51.0. The van der Waals surface area contributed by atoms with Crippen LogP contribution in [0.5, 0.6) is 0 Å². The van der Waals surface area contributed by atoms with Crippen LogP contribution in [0.25, 0.3) is 0 Å². The first kappa shape index (κ1) is 31.5. The van der Waals surface area contributed by atoms with E-state index in [1.165, 1.54) is 30.6 Å². The Morgan fingerprint density at radius 3 is 2.20 bits per heavy atom. The van der Waals surface area contributed by atoms with Gasteiger partial charge < -0.3 is 25.0 Å². The molecule has 1 saturated carbocycles. The Labute approximate surface area is 241 Å². The van der Waals surface area contributed by atoms with E-state index in [0.29, 0.717) is 49.5 Å². The third-order valence-corrected chi connectivity index (χ3v) is 8.51. The fraction of sp³-hybridized carbons (Fsp3) is 0.667. The van der Waals surface area contributed by atoms with Crippen LogP contribution in [0.1, 0.15) is 94.1 Å². The van der Waals surface area contributed by atoms with Crippen LogP contribution in [0.15, 0.2) is 6.07 Å². The summed E-state index contributed by atoms with van der Waals surface area (Å²) < 4.78 is 5.37. The number of aromatic carboxylic acids is 1. The maximum atomic E-state index is 12.4. The Kier molecular flexibility index (Phi) is 11.0. The van der Waals surface area contributed by atoms with Crippen molar-refractivity contribution in [1.82, 2.24) is 10.2 Å². The number of nitrogens with one attached hydrogen (secondary N) is 1. The number of nitrogens with zero attached hydrogens (tertiary/aromatic N) is 2. The zero-order valence-electron chi connectivity index (χ0n) is 24.3. The maximum absolute atomic E-state index is 12.4. The van der Waals surface area contributed by atoms with Crippen LogP contribution >= 0.6 is 11.3 Å². The molecule has 1 aliphatic carbocycles. The Morgan fingerprint density at radius 1 is 1.12 bits per heavy atom. The van der Waals surface area contributed by atoms with Crippen molar-refractivity contribution in [3.63, 3.8) is 0 Å². The van der Waals surface area contributed by atoms with Crippen LogP contribution in [-0.4, -0.2) is 66.2 Å². The molecule has 9 nitrogen and oxygen atoms in total. The van der Waals surface area contributed by atoms with Crippen molar-refractivity contribution in [3.05, 3.63) is 15.8 Å². The van der Waals surface area contributed by atoms with Gasteiger partial charge in [0.05, 0.1) is 23.5 Å². The first-order valence-corrected chi connectivity index (χ1v) is 15.0. The summed E-state index contributed by atoms with van der Waals surface area (Å²) in [5, 5.41) is 12.3. The molecular weight excluding hydrogens is 530 g/mol. The Bertz CT molecular complexity index is 1100. The molecule has 40 heavy (non-hydrogen) atoms. The number of rotatable bonds is 5. The molecule has 3 heterocycles. The van der Waals surface area contributed by atoms with Gasteiger partial charge in [-0.25, -0.2) is 9.59 Å². The van der Waals surface area contributed by atoms with Crippen LogP contribution in [0, 0.1) is 29.1 Å². The third kappa shape index (κ3) is 9.26. The largest absolute Gasteiger partial charge is 0.477 e. The SMILES string of the molecule is CC(C)(C)C#Cc1cc(N(C=O)C2CCN(C(=O)O[C@@H]3CNC(=O)C3)CC2)c(C(=O)O)s1.CC1CCC(C)CC1. The summed E-state index contributed by atoms with van der Waals surface area (Å²) in [6, 6.07) is 1.40. The van der Waals surface area contributed by atoms with Gasteiger partial charge >= 0.3 is 12.1 Å². The lowest BCUT2D eigenvalue weighted by atomic mass is 9.84. The topological polar surface area (TPSA) is 116 Å². The van der Waals surface area contributed by atoms with Gasteiger partial charge in [0.25, 0.3) is 0 Å². The molecule has 3 amide bonds. The minimum Gasteiger partial charge on any atom is -0.477 e. The van der Waals surface area contributed by atoms with E-state index in [4.69, 9.17) is 4.74 Å². The first-order valence-electron chi connectivity index (χ1n) is 14.2. The second kappa shape index (κ2) is 14.0. The predicted molar refractivity (Wildman–Crippen MR) is 155 cm³/mol. The van der Waals surface area contributed by atoms with E-state index in [1.807, 2.05) is 20.8 Å². The molecule has 0 radical (unpaired) electrons. The van der Waals surface area contributed by atoms with Crippen molar-refractivity contribution in [2.24, 2.45) is 17.3 Å². The quantitative estimate of drug-likeness (QED) is 0.373. The molecule has 0 unspecified atom stereocenters. The molecule has 2 N–H and O–H groups in total. The summed E-state index contributed by atoms with van der Waals surface area (Å²) in [5.74, 6) is 6.88. The van der Waals surface area contributed by atoms with Gasteiger partial charge in [0.2, 0.25) is 12.3 Å². The van der Waals surface area contributed by atoms with Crippen LogP contribution in [0.2, 0.25) is 0 Å². The average molecular weight is 574 g/mol. The summed E-state index contributed by atoms with van der Waals surface area (Å²) in [6.45, 7) is 11.7. The van der Waals surface area contributed by atoms with E-state index in [0.717, 1.165) is 23.2 Å². The van der Waals surface area contributed by atoms with Gasteiger partial charge in [-0.2, -0.15) is 0 Å². The fourth-order valence-electron chi connectivity index (χ4n) is 5.01. The zero-order chi connectivity index (χ0) is 29.4. The molecule has 2 aliphatic heterocycles. The molecule has 1 aromatic rings. The molecule has 0 bridgehead atoms. The van der Waals surface area contributed by atoms with Crippen molar-refractivity contribution in [2.45, 2.75) is 91.7 Å². The normalized spacial score (nSPS) is 23.2. The molecular formula is C30H43N3O6S. The number of anilines is 1. The molecule has 1 atom stereocenters. The summed E-state index contributed by atoms with van der Waals surface area (Å²) in [7, 11) is 0. The Hall–Kier alpha value is -3.06. The smallest absolute Gasteiger partial charge is 0.410 e.